The van der Waals surface area contributed by atoms with Crippen molar-refractivity contribution < 1.29 is 41.5 Å². The second-order valence-electron chi connectivity index (χ2n) is 15.0. The van der Waals surface area contributed by atoms with E-state index in [0.717, 1.165) is 12.8 Å². The normalized spacial score (nSPS) is 28.0. The van der Waals surface area contributed by atoms with Crippen LogP contribution in [0.3, 0.4) is 0 Å². The van der Waals surface area contributed by atoms with Gasteiger partial charge in [0.15, 0.2) is 0 Å². The molecule has 5 amide bonds. The molecule has 0 spiro atoms. The van der Waals surface area contributed by atoms with E-state index in [1.165, 1.54) is 29.2 Å². The van der Waals surface area contributed by atoms with Crippen LogP contribution in [0, 0.1) is 11.7 Å². The van der Waals surface area contributed by atoms with Crippen LogP contribution in [0.25, 0.3) is 10.9 Å². The number of aromatic nitrogens is 1. The number of ether oxygens (including phenoxy) is 1. The van der Waals surface area contributed by atoms with Crippen LogP contribution in [-0.2, 0) is 29.1 Å². The van der Waals surface area contributed by atoms with Gasteiger partial charge in [0, 0.05) is 29.4 Å². The Hall–Kier alpha value is -4.47. The number of rotatable bonds is 6. The fourth-order valence-corrected chi connectivity index (χ4v) is 8.21. The van der Waals surface area contributed by atoms with Crippen LogP contribution >= 0.6 is 0 Å². The summed E-state index contributed by atoms with van der Waals surface area (Å²) >= 11 is 0. The summed E-state index contributed by atoms with van der Waals surface area (Å²) in [5.41, 5.74) is -1.67. The number of nitrogens with one attached hydrogen (secondary N) is 5. The number of hydrogen-bond acceptors (Lipinski definition) is 8. The largest absolute Gasteiger partial charge is 0.444 e. The fourth-order valence-electron chi connectivity index (χ4n) is 6.84. The van der Waals surface area contributed by atoms with Crippen molar-refractivity contribution in [1.82, 2.24) is 30.6 Å². The summed E-state index contributed by atoms with van der Waals surface area (Å²) in [6.07, 6.45) is 6.99. The molecule has 276 valence electrons. The molecule has 5 atom stereocenters. The second-order valence-corrected chi connectivity index (χ2v) is 17.0. The van der Waals surface area contributed by atoms with Crippen LogP contribution in [-0.4, -0.2) is 89.1 Å². The van der Waals surface area contributed by atoms with Gasteiger partial charge in [0.1, 0.15) is 34.7 Å². The van der Waals surface area contributed by atoms with Gasteiger partial charge in [-0.3, -0.25) is 23.9 Å². The smallest absolute Gasteiger partial charge is 0.408 e. The number of fused-ring (bicyclic) bond motifs is 3. The average molecular weight is 729 g/mol. The lowest BCUT2D eigenvalue weighted by Gasteiger charge is -2.30. The number of allylic oxidation sites excluding steroid dienone is 1. The maximum absolute atomic E-state index is 14.3. The van der Waals surface area contributed by atoms with Crippen molar-refractivity contribution >= 4 is 50.6 Å². The Labute approximate surface area is 295 Å². The first-order valence-corrected chi connectivity index (χ1v) is 19.0. The molecule has 16 heteroatoms. The van der Waals surface area contributed by atoms with Crippen molar-refractivity contribution in [3.8, 4) is 0 Å². The molecule has 3 heterocycles. The van der Waals surface area contributed by atoms with E-state index >= 15 is 0 Å². The lowest BCUT2D eigenvalue weighted by Crippen LogP contribution is -2.58. The summed E-state index contributed by atoms with van der Waals surface area (Å²) in [5.74, 6) is -3.55. The minimum Gasteiger partial charge on any atom is -0.444 e. The molecule has 1 aromatic heterocycles. The van der Waals surface area contributed by atoms with Crippen molar-refractivity contribution in [3.63, 3.8) is 0 Å². The van der Waals surface area contributed by atoms with Gasteiger partial charge in [-0.05, 0) is 90.0 Å². The van der Waals surface area contributed by atoms with E-state index in [1.54, 1.807) is 20.8 Å². The molecule has 1 saturated heterocycles. The topological polar surface area (TPSA) is 196 Å². The van der Waals surface area contributed by atoms with E-state index in [2.05, 4.69) is 25.7 Å². The maximum atomic E-state index is 14.3. The number of benzene rings is 1. The van der Waals surface area contributed by atoms with Gasteiger partial charge in [-0.25, -0.2) is 17.6 Å². The summed E-state index contributed by atoms with van der Waals surface area (Å²) in [5, 5.41) is 8.18. The molecule has 14 nitrogen and oxygen atoms in total. The Kier molecular flexibility index (Phi) is 9.92. The molecule has 2 saturated carbocycles. The molecular weight excluding hydrogens is 683 g/mol. The zero-order valence-electron chi connectivity index (χ0n) is 28.9. The number of aromatic amines is 1. The van der Waals surface area contributed by atoms with Crippen molar-refractivity contribution in [3.05, 3.63) is 47.9 Å². The quantitative estimate of drug-likeness (QED) is 0.280. The Balaban J connectivity index is 1.27. The molecule has 4 aliphatic rings. The third-order valence-electron chi connectivity index (χ3n) is 9.73. The predicted octanol–water partition coefficient (Wildman–Crippen LogP) is 2.90. The van der Waals surface area contributed by atoms with E-state index in [-0.39, 0.29) is 31.5 Å². The number of H-pyrrole nitrogens is 1. The predicted molar refractivity (Wildman–Crippen MR) is 184 cm³/mol. The van der Waals surface area contributed by atoms with Gasteiger partial charge in [-0.15, -0.1) is 0 Å². The average Bonchev–Trinajstić information content (AvgIpc) is 3.93. The van der Waals surface area contributed by atoms with Crippen molar-refractivity contribution in [1.29, 1.82) is 0 Å². The third-order valence-corrected chi connectivity index (χ3v) is 11.6. The Morgan fingerprint density at radius 2 is 1.80 bits per heavy atom. The number of sulfonamides is 1. The minimum absolute atomic E-state index is 0.0318. The first-order chi connectivity index (χ1) is 24.0. The zero-order valence-corrected chi connectivity index (χ0v) is 29.7. The molecule has 1 aromatic carbocycles. The third kappa shape index (κ3) is 8.37. The highest BCUT2D eigenvalue weighted by atomic mass is 32.2. The van der Waals surface area contributed by atoms with Crippen LogP contribution in [0.5, 0.6) is 0 Å². The first kappa shape index (κ1) is 36.3. The Morgan fingerprint density at radius 1 is 1.04 bits per heavy atom. The van der Waals surface area contributed by atoms with Gasteiger partial charge in [-0.1, -0.05) is 25.0 Å². The summed E-state index contributed by atoms with van der Waals surface area (Å²) < 4.78 is 46.9. The SMILES string of the molecule is CC(C)(C)OC(=O)N[C@H]1CCCCC/C=C\[C@H]2C[C@@]2(C(=O)NS(=O)(=O)C2CC2)NC(=O)[C@@H]2C[C@@H](NC(=O)c3cc4cc(F)ccc4[nH]3)CN2C1=O. The second kappa shape index (κ2) is 13.9. The molecule has 0 unspecified atom stereocenters. The van der Waals surface area contributed by atoms with Gasteiger partial charge >= 0.3 is 6.09 Å². The number of halogens is 1. The van der Waals surface area contributed by atoms with Crippen molar-refractivity contribution in [2.24, 2.45) is 5.92 Å². The van der Waals surface area contributed by atoms with E-state index < -0.39 is 86.0 Å². The lowest BCUT2D eigenvalue weighted by atomic mass is 10.0. The fraction of sp³-hybridized carbons (Fsp3) is 0.571. The lowest BCUT2D eigenvalue weighted by molar-refractivity contribution is -0.141. The standard InChI is InChI=1S/C35H45FN6O8S/c1-34(2,3)50-33(47)39-26-10-8-6-4-5-7-9-21-18-35(21,32(46)41-51(48,49)24-12-13-24)40-30(44)28-17-23(19-42(28)31(26)45)37-29(43)27-16-20-15-22(36)11-14-25(20)38-27/h7,9,11,14-16,21,23-24,26,28,38H,4-6,8,10,12-13,17-19H2,1-3H3,(H,37,43)(H,39,47)(H,40,44)(H,41,46)/b9-7-/t21-,23+,26-,28-,35+/m0/s1. The van der Waals surface area contributed by atoms with Crippen molar-refractivity contribution in [2.75, 3.05) is 6.54 Å². The van der Waals surface area contributed by atoms with Crippen LogP contribution in [0.15, 0.2) is 36.4 Å². The van der Waals surface area contributed by atoms with Crippen molar-refractivity contribution in [2.45, 2.75) is 113 Å². The van der Waals surface area contributed by atoms with Gasteiger partial charge in [0.05, 0.1) is 5.25 Å². The highest BCUT2D eigenvalue weighted by molar-refractivity contribution is 7.91. The first-order valence-electron chi connectivity index (χ1n) is 17.5. The number of amides is 5. The zero-order chi connectivity index (χ0) is 36.7. The maximum Gasteiger partial charge on any atom is 0.408 e. The summed E-state index contributed by atoms with van der Waals surface area (Å²) in [6.45, 7) is 5.00. The number of carbonyl (C=O) groups excluding carboxylic acids is 5. The minimum atomic E-state index is -3.91. The monoisotopic (exact) mass is 728 g/mol. The molecule has 5 N–H and O–H groups in total. The number of alkyl carbamates (subject to hydrolysis) is 1. The van der Waals surface area contributed by atoms with Crippen LogP contribution in [0.1, 0.15) is 89.0 Å². The van der Waals surface area contributed by atoms with Gasteiger partial charge in [0.25, 0.3) is 11.8 Å². The molecule has 51 heavy (non-hydrogen) atoms. The molecule has 2 aliphatic carbocycles. The summed E-state index contributed by atoms with van der Waals surface area (Å²) in [6, 6.07) is 2.61. The highest BCUT2D eigenvalue weighted by Gasteiger charge is 2.62. The number of carbonyl (C=O) groups is 5. The molecule has 6 rings (SSSR count). The van der Waals surface area contributed by atoms with Crippen LogP contribution < -0.4 is 20.7 Å². The summed E-state index contributed by atoms with van der Waals surface area (Å²) in [7, 11) is -3.91. The van der Waals surface area contributed by atoms with Gasteiger partial charge < -0.3 is 30.6 Å². The molecule has 2 aliphatic heterocycles. The van der Waals surface area contributed by atoms with E-state index in [1.807, 2.05) is 12.2 Å². The number of nitrogens with zero attached hydrogens (tertiary/aromatic N) is 1. The molecule has 0 radical (unpaired) electrons. The van der Waals surface area contributed by atoms with Gasteiger partial charge in [0.2, 0.25) is 21.8 Å². The van der Waals surface area contributed by atoms with Crippen LogP contribution in [0.4, 0.5) is 9.18 Å². The summed E-state index contributed by atoms with van der Waals surface area (Å²) in [4.78, 5) is 72.5. The number of hydrogen-bond donors (Lipinski definition) is 5. The van der Waals surface area contributed by atoms with E-state index in [4.69, 9.17) is 4.74 Å². The molecular formula is C35H45FN6O8S. The van der Waals surface area contributed by atoms with E-state index in [0.29, 0.717) is 36.6 Å². The van der Waals surface area contributed by atoms with E-state index in [9.17, 15) is 36.8 Å². The molecule has 0 bridgehead atoms. The Morgan fingerprint density at radius 3 is 2.53 bits per heavy atom. The molecule has 3 fully saturated rings. The Bertz CT molecular complexity index is 1870. The highest BCUT2D eigenvalue weighted by Crippen LogP contribution is 2.46. The van der Waals surface area contributed by atoms with Crippen LogP contribution in [0.2, 0.25) is 0 Å². The molecule has 2 aromatic rings. The van der Waals surface area contributed by atoms with Gasteiger partial charge in [-0.2, -0.15) is 0 Å².